The minimum absolute atomic E-state index is 0.227. The molecule has 0 bridgehead atoms. The van der Waals surface area contributed by atoms with Gasteiger partial charge in [0.15, 0.2) is 0 Å². The molecule has 56 valence electrons. The van der Waals surface area contributed by atoms with Gasteiger partial charge in [-0.15, -0.1) is 6.42 Å². The summed E-state index contributed by atoms with van der Waals surface area (Å²) in [5.74, 6) is 2.68. The van der Waals surface area contributed by atoms with Gasteiger partial charge in [-0.1, -0.05) is 5.92 Å². The summed E-state index contributed by atoms with van der Waals surface area (Å²) >= 11 is 0. The van der Waals surface area contributed by atoms with Crippen molar-refractivity contribution in [2.24, 2.45) is 0 Å². The van der Waals surface area contributed by atoms with E-state index in [1.807, 2.05) is 6.92 Å². The molecule has 1 N–H and O–H groups in total. The van der Waals surface area contributed by atoms with Crippen LogP contribution in [0.1, 0.15) is 33.1 Å². The molecule has 1 nitrogen and oxygen atoms in total. The number of terminal acetylenes is 1. The number of hydrogen-bond donors (Lipinski definition) is 1. The van der Waals surface area contributed by atoms with Gasteiger partial charge in [-0.2, -0.15) is 0 Å². The zero-order chi connectivity index (χ0) is 7.61. The summed E-state index contributed by atoms with van der Waals surface area (Å²) in [4.78, 5) is 0. The summed E-state index contributed by atoms with van der Waals surface area (Å²) < 4.78 is 0. The Bertz CT molecular complexity index is 151. The lowest BCUT2D eigenvalue weighted by Crippen LogP contribution is -2.51. The predicted octanol–water partition coefficient (Wildman–Crippen LogP) is 1.54. The van der Waals surface area contributed by atoms with Crippen molar-refractivity contribution >= 4 is 0 Å². The van der Waals surface area contributed by atoms with Crippen molar-refractivity contribution in [1.82, 2.24) is 5.32 Å². The molecule has 10 heavy (non-hydrogen) atoms. The smallest absolute Gasteiger partial charge is 0.0662 e. The second-order valence-corrected chi connectivity index (χ2v) is 3.45. The third-order valence-corrected chi connectivity index (χ3v) is 2.27. The largest absolute Gasteiger partial charge is 0.299 e. The third-order valence-electron chi connectivity index (χ3n) is 2.27. The van der Waals surface area contributed by atoms with Crippen LogP contribution < -0.4 is 5.32 Å². The average molecular weight is 137 g/mol. The Morgan fingerprint density at radius 3 is 2.50 bits per heavy atom. The Kier molecular flexibility index (Phi) is 2.01. The van der Waals surface area contributed by atoms with Gasteiger partial charge in [0.05, 0.1) is 6.04 Å². The molecule has 0 spiro atoms. The van der Waals surface area contributed by atoms with Gasteiger partial charge >= 0.3 is 0 Å². The van der Waals surface area contributed by atoms with Gasteiger partial charge in [0.25, 0.3) is 0 Å². The van der Waals surface area contributed by atoms with E-state index in [0.717, 1.165) is 0 Å². The lowest BCUT2D eigenvalue weighted by atomic mass is 9.78. The van der Waals surface area contributed by atoms with Crippen molar-refractivity contribution < 1.29 is 0 Å². The van der Waals surface area contributed by atoms with Crippen LogP contribution in [-0.2, 0) is 0 Å². The molecule has 0 aromatic carbocycles. The zero-order valence-electron chi connectivity index (χ0n) is 6.78. The van der Waals surface area contributed by atoms with Crippen LogP contribution in [-0.4, -0.2) is 11.6 Å². The van der Waals surface area contributed by atoms with E-state index in [9.17, 15) is 0 Å². The second-order valence-electron chi connectivity index (χ2n) is 3.45. The summed E-state index contributed by atoms with van der Waals surface area (Å²) in [6.45, 7) is 4.27. The van der Waals surface area contributed by atoms with E-state index in [2.05, 4.69) is 18.2 Å². The Hall–Kier alpha value is -0.480. The molecule has 0 heterocycles. The first-order chi connectivity index (χ1) is 4.66. The van der Waals surface area contributed by atoms with Crippen LogP contribution in [0.5, 0.6) is 0 Å². The van der Waals surface area contributed by atoms with Gasteiger partial charge in [-0.3, -0.25) is 5.32 Å². The Balaban J connectivity index is 2.31. The van der Waals surface area contributed by atoms with Crippen LogP contribution in [0.2, 0.25) is 0 Å². The van der Waals surface area contributed by atoms with E-state index in [1.165, 1.54) is 19.3 Å². The van der Waals surface area contributed by atoms with Crippen LogP contribution in [0, 0.1) is 12.3 Å². The van der Waals surface area contributed by atoms with Crippen LogP contribution in [0.25, 0.3) is 0 Å². The average Bonchev–Trinajstić information content (AvgIpc) is 1.84. The first-order valence-electron chi connectivity index (χ1n) is 3.90. The molecular formula is C9H15N. The fourth-order valence-electron chi connectivity index (χ4n) is 1.42. The number of hydrogen-bond acceptors (Lipinski definition) is 1. The highest BCUT2D eigenvalue weighted by molar-refractivity contribution is 5.02. The lowest BCUT2D eigenvalue weighted by molar-refractivity contribution is 0.202. The van der Waals surface area contributed by atoms with Crippen molar-refractivity contribution in [1.29, 1.82) is 0 Å². The SMILES string of the molecule is C#CC(C)NC1(C)CCC1. The fraction of sp³-hybridized carbons (Fsp3) is 0.778. The topological polar surface area (TPSA) is 12.0 Å². The van der Waals surface area contributed by atoms with Crippen LogP contribution in [0.15, 0.2) is 0 Å². The molecule has 1 fully saturated rings. The lowest BCUT2D eigenvalue weighted by Gasteiger charge is -2.40. The van der Waals surface area contributed by atoms with Crippen LogP contribution >= 0.6 is 0 Å². The standard InChI is InChI=1S/C9H15N/c1-4-8(2)10-9(3)6-5-7-9/h1,8,10H,5-7H2,2-3H3. The maximum atomic E-state index is 5.25. The predicted molar refractivity (Wildman–Crippen MR) is 43.7 cm³/mol. The van der Waals surface area contributed by atoms with Gasteiger partial charge < -0.3 is 0 Å². The van der Waals surface area contributed by atoms with Crippen LogP contribution in [0.4, 0.5) is 0 Å². The molecule has 1 rings (SSSR count). The molecule has 1 atom stereocenters. The van der Waals surface area contributed by atoms with Gasteiger partial charge in [0, 0.05) is 5.54 Å². The summed E-state index contributed by atoms with van der Waals surface area (Å²) in [7, 11) is 0. The number of rotatable bonds is 2. The summed E-state index contributed by atoms with van der Waals surface area (Å²) in [6.07, 6.45) is 9.15. The molecule has 0 radical (unpaired) electrons. The molecule has 0 amide bonds. The van der Waals surface area contributed by atoms with Crippen molar-refractivity contribution in [3.8, 4) is 12.3 Å². The molecular weight excluding hydrogens is 122 g/mol. The minimum atomic E-state index is 0.227. The summed E-state index contributed by atoms with van der Waals surface area (Å²) in [5.41, 5.74) is 0.353. The van der Waals surface area contributed by atoms with E-state index < -0.39 is 0 Å². The van der Waals surface area contributed by atoms with Gasteiger partial charge in [0.2, 0.25) is 0 Å². The maximum absolute atomic E-state index is 5.25. The molecule has 1 aliphatic carbocycles. The quantitative estimate of drug-likeness (QED) is 0.569. The number of nitrogens with one attached hydrogen (secondary N) is 1. The monoisotopic (exact) mass is 137 g/mol. The summed E-state index contributed by atoms with van der Waals surface area (Å²) in [5, 5.41) is 3.41. The normalized spacial score (nSPS) is 24.5. The van der Waals surface area contributed by atoms with Gasteiger partial charge in [0.1, 0.15) is 0 Å². The Labute approximate surface area is 63.2 Å². The highest BCUT2D eigenvalue weighted by Gasteiger charge is 2.31. The minimum Gasteiger partial charge on any atom is -0.299 e. The van der Waals surface area contributed by atoms with Gasteiger partial charge in [-0.05, 0) is 33.1 Å². The maximum Gasteiger partial charge on any atom is 0.0662 e. The molecule has 1 aliphatic rings. The first kappa shape index (κ1) is 7.63. The molecule has 0 aliphatic heterocycles. The highest BCUT2D eigenvalue weighted by atomic mass is 15.0. The molecule has 0 aromatic heterocycles. The van der Waals surface area contributed by atoms with Crippen molar-refractivity contribution in [3.63, 3.8) is 0 Å². The Morgan fingerprint density at radius 2 is 2.20 bits per heavy atom. The van der Waals surface area contributed by atoms with Crippen molar-refractivity contribution in [3.05, 3.63) is 0 Å². The molecule has 1 heteroatoms. The summed E-state index contributed by atoms with van der Waals surface area (Å²) in [6, 6.07) is 0.227. The Morgan fingerprint density at radius 1 is 1.60 bits per heavy atom. The molecule has 0 saturated heterocycles. The molecule has 0 aromatic rings. The van der Waals surface area contributed by atoms with Crippen molar-refractivity contribution in [2.75, 3.05) is 0 Å². The van der Waals surface area contributed by atoms with E-state index in [0.29, 0.717) is 5.54 Å². The fourth-order valence-corrected chi connectivity index (χ4v) is 1.42. The molecule has 1 unspecified atom stereocenters. The zero-order valence-corrected chi connectivity index (χ0v) is 6.78. The molecule has 1 saturated carbocycles. The first-order valence-corrected chi connectivity index (χ1v) is 3.90. The highest BCUT2D eigenvalue weighted by Crippen LogP contribution is 2.31. The van der Waals surface area contributed by atoms with E-state index in [4.69, 9.17) is 6.42 Å². The van der Waals surface area contributed by atoms with Crippen LogP contribution in [0.3, 0.4) is 0 Å². The van der Waals surface area contributed by atoms with Crippen molar-refractivity contribution in [2.45, 2.75) is 44.7 Å². The van der Waals surface area contributed by atoms with E-state index >= 15 is 0 Å². The second kappa shape index (κ2) is 2.64. The van der Waals surface area contributed by atoms with E-state index in [-0.39, 0.29) is 6.04 Å². The van der Waals surface area contributed by atoms with Gasteiger partial charge in [-0.25, -0.2) is 0 Å². The third kappa shape index (κ3) is 1.52. The van der Waals surface area contributed by atoms with E-state index in [1.54, 1.807) is 0 Å².